The zero-order valence-electron chi connectivity index (χ0n) is 11.3. The fraction of sp³-hybridized carbons (Fsp3) is 0.733. The van der Waals surface area contributed by atoms with Crippen LogP contribution in [0, 0.1) is 0 Å². The molecule has 1 saturated carbocycles. The smallest absolute Gasteiger partial charge is 0.0772 e. The van der Waals surface area contributed by atoms with Crippen molar-refractivity contribution >= 4 is 27.3 Å². The van der Waals surface area contributed by atoms with Gasteiger partial charge in [-0.3, -0.25) is 4.90 Å². The Hall–Kier alpha value is 0.1000. The van der Waals surface area contributed by atoms with E-state index in [2.05, 4.69) is 32.3 Å². The van der Waals surface area contributed by atoms with Gasteiger partial charge in [0, 0.05) is 21.3 Å². The van der Waals surface area contributed by atoms with Crippen LogP contribution in [0.4, 0.5) is 0 Å². The minimum Gasteiger partial charge on any atom is -0.391 e. The van der Waals surface area contributed by atoms with Crippen LogP contribution in [0.15, 0.2) is 15.9 Å². The number of aliphatic hydroxyl groups is 1. The fourth-order valence-electron chi connectivity index (χ4n) is 3.85. The molecule has 1 aromatic heterocycles. The molecule has 1 atom stereocenters. The maximum atomic E-state index is 10.9. The predicted octanol–water partition coefficient (Wildman–Crippen LogP) is 3.82. The zero-order chi connectivity index (χ0) is 13.3. The summed E-state index contributed by atoms with van der Waals surface area (Å²) in [5.74, 6) is 0. The van der Waals surface area contributed by atoms with Crippen molar-refractivity contribution in [2.75, 3.05) is 13.1 Å². The average Bonchev–Trinajstić information content (AvgIpc) is 3.10. The van der Waals surface area contributed by atoms with E-state index >= 15 is 0 Å². The molecule has 1 saturated heterocycles. The van der Waals surface area contributed by atoms with Crippen molar-refractivity contribution < 1.29 is 5.11 Å². The first kappa shape index (κ1) is 14.1. The summed E-state index contributed by atoms with van der Waals surface area (Å²) in [5.41, 5.74) is 0.0694. The zero-order valence-corrected chi connectivity index (χ0v) is 13.7. The van der Waals surface area contributed by atoms with Gasteiger partial charge in [-0.2, -0.15) is 0 Å². The summed E-state index contributed by atoms with van der Waals surface area (Å²) in [5, 5.41) is 13.0. The van der Waals surface area contributed by atoms with Crippen LogP contribution >= 0.6 is 27.3 Å². The monoisotopic (exact) mass is 343 g/mol. The van der Waals surface area contributed by atoms with Gasteiger partial charge in [-0.15, -0.1) is 11.3 Å². The highest BCUT2D eigenvalue weighted by molar-refractivity contribution is 9.10. The van der Waals surface area contributed by atoms with E-state index in [1.807, 2.05) is 0 Å². The highest BCUT2D eigenvalue weighted by atomic mass is 79.9. The summed E-state index contributed by atoms with van der Waals surface area (Å²) in [6, 6.07) is 2.09. The van der Waals surface area contributed by atoms with Crippen LogP contribution in [0.3, 0.4) is 0 Å². The second kappa shape index (κ2) is 5.84. The molecule has 2 fully saturated rings. The van der Waals surface area contributed by atoms with Crippen molar-refractivity contribution in [3.63, 3.8) is 0 Å². The first-order valence-electron chi connectivity index (χ1n) is 7.37. The number of hydrogen-bond donors (Lipinski definition) is 1. The molecular formula is C15H22BrNOS. The van der Waals surface area contributed by atoms with Gasteiger partial charge in [-0.05, 0) is 66.1 Å². The van der Waals surface area contributed by atoms with Gasteiger partial charge in [0.2, 0.25) is 0 Å². The van der Waals surface area contributed by atoms with Crippen LogP contribution in [0.25, 0.3) is 0 Å². The third-order valence-corrected chi connectivity index (χ3v) is 6.84. The molecule has 1 unspecified atom stereocenters. The molecule has 2 nitrogen and oxygen atoms in total. The molecule has 0 aromatic carbocycles. The molecular weight excluding hydrogens is 322 g/mol. The van der Waals surface area contributed by atoms with Crippen LogP contribution in [0.2, 0.25) is 0 Å². The average molecular weight is 344 g/mol. The normalized spacial score (nSPS) is 24.9. The van der Waals surface area contributed by atoms with E-state index < -0.39 is 0 Å². The highest BCUT2D eigenvalue weighted by Gasteiger charge is 2.46. The number of rotatable bonds is 4. The Morgan fingerprint density at radius 2 is 1.95 bits per heavy atom. The Morgan fingerprint density at radius 3 is 2.53 bits per heavy atom. The van der Waals surface area contributed by atoms with E-state index in [1.165, 1.54) is 56.5 Å². The van der Waals surface area contributed by atoms with Gasteiger partial charge in [0.05, 0.1) is 6.10 Å². The Morgan fingerprint density at radius 1 is 1.26 bits per heavy atom. The van der Waals surface area contributed by atoms with Crippen molar-refractivity contribution in [3.8, 4) is 0 Å². The minimum atomic E-state index is -0.219. The second-order valence-electron chi connectivity index (χ2n) is 5.92. The number of halogens is 1. The van der Waals surface area contributed by atoms with Crippen LogP contribution in [-0.4, -0.2) is 34.7 Å². The standard InChI is InChI=1S/C15H22BrNOS/c16-12-5-10-19-13(12)11-14(18)15(6-1-2-7-15)17-8-3-4-9-17/h5,10,14,18H,1-4,6-9,11H2. The Balaban J connectivity index is 1.78. The van der Waals surface area contributed by atoms with Crippen molar-refractivity contribution in [1.29, 1.82) is 0 Å². The van der Waals surface area contributed by atoms with Gasteiger partial charge >= 0.3 is 0 Å². The number of hydrogen-bond acceptors (Lipinski definition) is 3. The molecule has 1 aliphatic carbocycles. The summed E-state index contributed by atoms with van der Waals surface area (Å²) in [6.07, 6.45) is 8.10. The predicted molar refractivity (Wildman–Crippen MR) is 83.7 cm³/mol. The van der Waals surface area contributed by atoms with Crippen LogP contribution in [0.5, 0.6) is 0 Å². The van der Waals surface area contributed by atoms with Crippen molar-refractivity contribution in [3.05, 3.63) is 20.8 Å². The Bertz CT molecular complexity index is 422. The van der Waals surface area contributed by atoms with E-state index in [1.54, 1.807) is 11.3 Å². The van der Waals surface area contributed by atoms with Gasteiger partial charge in [0.15, 0.2) is 0 Å². The molecule has 0 amide bonds. The van der Waals surface area contributed by atoms with Gasteiger partial charge in [-0.25, -0.2) is 0 Å². The number of thiophene rings is 1. The maximum Gasteiger partial charge on any atom is 0.0772 e. The summed E-state index contributed by atoms with van der Waals surface area (Å²) in [6.45, 7) is 2.37. The van der Waals surface area contributed by atoms with E-state index in [0.29, 0.717) is 0 Å². The molecule has 2 heterocycles. The molecule has 19 heavy (non-hydrogen) atoms. The van der Waals surface area contributed by atoms with Crippen molar-refractivity contribution in [1.82, 2.24) is 4.90 Å². The van der Waals surface area contributed by atoms with Crippen LogP contribution in [0.1, 0.15) is 43.4 Å². The fourth-order valence-corrected chi connectivity index (χ4v) is 5.40. The SMILES string of the molecule is OC(Cc1sccc1Br)C1(N2CCCC2)CCCC1. The molecule has 0 bridgehead atoms. The molecule has 2 aliphatic rings. The quantitative estimate of drug-likeness (QED) is 0.898. The van der Waals surface area contributed by atoms with E-state index in [-0.39, 0.29) is 11.6 Å². The third-order valence-electron chi connectivity index (χ3n) is 4.90. The van der Waals surface area contributed by atoms with Gasteiger partial charge in [-0.1, -0.05) is 12.8 Å². The van der Waals surface area contributed by atoms with E-state index in [0.717, 1.165) is 10.9 Å². The third kappa shape index (κ3) is 2.65. The molecule has 1 aromatic rings. The minimum absolute atomic E-state index is 0.0694. The highest BCUT2D eigenvalue weighted by Crippen LogP contribution is 2.41. The molecule has 1 aliphatic heterocycles. The lowest BCUT2D eigenvalue weighted by Crippen LogP contribution is -2.54. The first-order valence-corrected chi connectivity index (χ1v) is 9.05. The second-order valence-corrected chi connectivity index (χ2v) is 7.77. The van der Waals surface area contributed by atoms with Crippen LogP contribution < -0.4 is 0 Å². The number of aliphatic hydroxyl groups excluding tert-OH is 1. The Kier molecular flexibility index (Phi) is 4.32. The number of likely N-dealkylation sites (tertiary alicyclic amines) is 1. The maximum absolute atomic E-state index is 10.9. The van der Waals surface area contributed by atoms with Gasteiger partial charge in [0.1, 0.15) is 0 Å². The van der Waals surface area contributed by atoms with E-state index in [4.69, 9.17) is 0 Å². The summed E-state index contributed by atoms with van der Waals surface area (Å²) in [7, 11) is 0. The molecule has 0 spiro atoms. The van der Waals surface area contributed by atoms with Crippen molar-refractivity contribution in [2.24, 2.45) is 0 Å². The van der Waals surface area contributed by atoms with Gasteiger partial charge in [0.25, 0.3) is 0 Å². The first-order chi connectivity index (χ1) is 9.22. The Labute approximate surface area is 127 Å². The molecule has 0 radical (unpaired) electrons. The molecule has 4 heteroatoms. The van der Waals surface area contributed by atoms with E-state index in [9.17, 15) is 5.11 Å². The van der Waals surface area contributed by atoms with Gasteiger partial charge < -0.3 is 5.11 Å². The summed E-state index contributed by atoms with van der Waals surface area (Å²) < 4.78 is 1.16. The summed E-state index contributed by atoms with van der Waals surface area (Å²) in [4.78, 5) is 3.88. The molecule has 3 rings (SSSR count). The lowest BCUT2D eigenvalue weighted by atomic mass is 9.86. The number of nitrogens with zero attached hydrogens (tertiary/aromatic N) is 1. The largest absolute Gasteiger partial charge is 0.391 e. The molecule has 1 N–H and O–H groups in total. The van der Waals surface area contributed by atoms with Crippen molar-refractivity contribution in [2.45, 2.75) is 56.6 Å². The lowest BCUT2D eigenvalue weighted by molar-refractivity contribution is -0.0168. The van der Waals surface area contributed by atoms with Crippen LogP contribution in [-0.2, 0) is 6.42 Å². The lowest BCUT2D eigenvalue weighted by Gasteiger charge is -2.42. The summed E-state index contributed by atoms with van der Waals surface area (Å²) >= 11 is 5.34. The topological polar surface area (TPSA) is 23.5 Å². The molecule has 106 valence electrons.